The van der Waals surface area contributed by atoms with Crippen LogP contribution in [0.1, 0.15) is 37.6 Å². The van der Waals surface area contributed by atoms with Crippen LogP contribution in [0.5, 0.6) is 0 Å². The molecule has 0 bridgehead atoms. The first kappa shape index (κ1) is 19.9. The Balaban J connectivity index is 2.13. The van der Waals surface area contributed by atoms with Crippen LogP contribution in [-0.2, 0) is 10.0 Å². The maximum Gasteiger partial charge on any atom is 0.261 e. The third-order valence-electron chi connectivity index (χ3n) is 4.14. The zero-order chi connectivity index (χ0) is 19.3. The lowest BCUT2D eigenvalue weighted by atomic mass is 10.0. The molecule has 0 radical (unpaired) electrons. The number of rotatable bonds is 7. The molecular weight excluding hydrogens is 350 g/mol. The molecule has 0 aliphatic rings. The number of carbonyl (C=O) groups is 1. The van der Waals surface area contributed by atoms with Gasteiger partial charge in [0.15, 0.2) is 0 Å². The SMILES string of the molecule is CC(C)CC(C)N(C)C(=O)c1ccc(S(=O)(=O)Nc2ccncc2)cc1. The average molecular weight is 375 g/mol. The molecule has 0 fully saturated rings. The van der Waals surface area contributed by atoms with Gasteiger partial charge in [-0.05, 0) is 55.7 Å². The second kappa shape index (κ2) is 8.31. The van der Waals surface area contributed by atoms with Gasteiger partial charge in [0.2, 0.25) is 0 Å². The smallest absolute Gasteiger partial charge is 0.261 e. The molecule has 2 aromatic rings. The molecule has 1 N–H and O–H groups in total. The number of hydrogen-bond donors (Lipinski definition) is 1. The van der Waals surface area contributed by atoms with Gasteiger partial charge in [-0.15, -0.1) is 0 Å². The predicted molar refractivity (Wildman–Crippen MR) is 102 cm³/mol. The zero-order valence-corrected chi connectivity index (χ0v) is 16.3. The Hall–Kier alpha value is -2.41. The van der Waals surface area contributed by atoms with Crippen molar-refractivity contribution in [3.8, 4) is 0 Å². The van der Waals surface area contributed by atoms with Gasteiger partial charge in [0.25, 0.3) is 15.9 Å². The Bertz CT molecular complexity index is 834. The van der Waals surface area contributed by atoms with Gasteiger partial charge in [-0.2, -0.15) is 0 Å². The van der Waals surface area contributed by atoms with Gasteiger partial charge in [0.1, 0.15) is 0 Å². The standard InChI is InChI=1S/C19H25N3O3S/c1-14(2)13-15(3)22(4)19(23)16-5-7-18(8-6-16)26(24,25)21-17-9-11-20-12-10-17/h5-12,14-15H,13H2,1-4H3,(H,20,21). The minimum atomic E-state index is -3.71. The molecule has 1 atom stereocenters. The summed E-state index contributed by atoms with van der Waals surface area (Å²) in [5.41, 5.74) is 0.897. The van der Waals surface area contributed by atoms with Crippen LogP contribution in [0.15, 0.2) is 53.7 Å². The highest BCUT2D eigenvalue weighted by Crippen LogP contribution is 2.18. The van der Waals surface area contributed by atoms with E-state index in [1.54, 1.807) is 36.2 Å². The fourth-order valence-corrected chi connectivity index (χ4v) is 3.71. The minimum absolute atomic E-state index is 0.101. The summed E-state index contributed by atoms with van der Waals surface area (Å²) < 4.78 is 27.3. The van der Waals surface area contributed by atoms with Crippen molar-refractivity contribution < 1.29 is 13.2 Å². The molecule has 7 heteroatoms. The van der Waals surface area contributed by atoms with Crippen molar-refractivity contribution in [2.45, 2.75) is 38.1 Å². The fourth-order valence-electron chi connectivity index (χ4n) is 2.65. The quantitative estimate of drug-likeness (QED) is 0.804. The third-order valence-corrected chi connectivity index (χ3v) is 5.54. The van der Waals surface area contributed by atoms with Crippen molar-refractivity contribution in [3.05, 3.63) is 54.4 Å². The van der Waals surface area contributed by atoms with Crippen LogP contribution in [0.3, 0.4) is 0 Å². The van der Waals surface area contributed by atoms with E-state index < -0.39 is 10.0 Å². The summed E-state index contributed by atoms with van der Waals surface area (Å²) in [4.78, 5) is 18.2. The molecule has 26 heavy (non-hydrogen) atoms. The van der Waals surface area contributed by atoms with Crippen LogP contribution in [0.2, 0.25) is 0 Å². The van der Waals surface area contributed by atoms with Gasteiger partial charge >= 0.3 is 0 Å². The fraction of sp³-hybridized carbons (Fsp3) is 0.368. The number of nitrogens with one attached hydrogen (secondary N) is 1. The summed E-state index contributed by atoms with van der Waals surface area (Å²) >= 11 is 0. The van der Waals surface area contributed by atoms with Crippen molar-refractivity contribution in [3.63, 3.8) is 0 Å². The monoisotopic (exact) mass is 375 g/mol. The van der Waals surface area contributed by atoms with Crippen molar-refractivity contribution in [2.75, 3.05) is 11.8 Å². The van der Waals surface area contributed by atoms with Crippen molar-refractivity contribution in [1.29, 1.82) is 0 Å². The summed E-state index contributed by atoms with van der Waals surface area (Å²) in [7, 11) is -1.94. The van der Waals surface area contributed by atoms with Crippen molar-refractivity contribution in [1.82, 2.24) is 9.88 Å². The number of pyridine rings is 1. The van der Waals surface area contributed by atoms with E-state index in [-0.39, 0.29) is 16.8 Å². The normalized spacial score (nSPS) is 12.7. The van der Waals surface area contributed by atoms with E-state index in [4.69, 9.17) is 0 Å². The van der Waals surface area contributed by atoms with E-state index in [2.05, 4.69) is 23.6 Å². The highest BCUT2D eigenvalue weighted by molar-refractivity contribution is 7.92. The van der Waals surface area contributed by atoms with Gasteiger partial charge in [0, 0.05) is 31.0 Å². The van der Waals surface area contributed by atoms with Crippen LogP contribution < -0.4 is 4.72 Å². The van der Waals surface area contributed by atoms with E-state index in [0.717, 1.165) is 6.42 Å². The van der Waals surface area contributed by atoms with Gasteiger partial charge in [-0.3, -0.25) is 14.5 Å². The number of aromatic nitrogens is 1. The van der Waals surface area contributed by atoms with Crippen LogP contribution in [0.4, 0.5) is 5.69 Å². The van der Waals surface area contributed by atoms with Gasteiger partial charge in [-0.25, -0.2) is 8.42 Å². The van der Waals surface area contributed by atoms with Gasteiger partial charge in [0.05, 0.1) is 10.6 Å². The molecule has 0 saturated heterocycles. The molecule has 1 unspecified atom stereocenters. The molecule has 0 spiro atoms. The largest absolute Gasteiger partial charge is 0.339 e. The highest BCUT2D eigenvalue weighted by Gasteiger charge is 2.20. The maximum absolute atomic E-state index is 12.6. The first-order chi connectivity index (χ1) is 12.2. The second-order valence-corrected chi connectivity index (χ2v) is 8.44. The van der Waals surface area contributed by atoms with E-state index in [1.807, 2.05) is 6.92 Å². The van der Waals surface area contributed by atoms with Crippen LogP contribution in [-0.4, -0.2) is 37.3 Å². The molecule has 140 valence electrons. The number of sulfonamides is 1. The molecule has 1 aromatic carbocycles. The lowest BCUT2D eigenvalue weighted by molar-refractivity contribution is 0.0728. The predicted octanol–water partition coefficient (Wildman–Crippen LogP) is 3.39. The Morgan fingerprint density at radius 2 is 1.65 bits per heavy atom. The maximum atomic E-state index is 12.6. The molecule has 6 nitrogen and oxygen atoms in total. The Labute approximate surface area is 155 Å². The van der Waals surface area contributed by atoms with E-state index in [1.165, 1.54) is 24.5 Å². The molecule has 1 amide bonds. The zero-order valence-electron chi connectivity index (χ0n) is 15.5. The van der Waals surface area contributed by atoms with Crippen molar-refractivity contribution >= 4 is 21.6 Å². The number of amides is 1. The summed E-state index contributed by atoms with van der Waals surface area (Å²) in [5, 5.41) is 0. The molecule has 2 rings (SSSR count). The second-order valence-electron chi connectivity index (χ2n) is 6.76. The Morgan fingerprint density at radius 1 is 1.08 bits per heavy atom. The number of benzene rings is 1. The van der Waals surface area contributed by atoms with Gasteiger partial charge < -0.3 is 4.90 Å². The van der Waals surface area contributed by atoms with E-state index >= 15 is 0 Å². The summed E-state index contributed by atoms with van der Waals surface area (Å²) in [6, 6.07) is 9.22. The summed E-state index contributed by atoms with van der Waals surface area (Å²) in [5.74, 6) is 0.372. The lowest BCUT2D eigenvalue weighted by Crippen LogP contribution is -2.35. The third kappa shape index (κ3) is 5.05. The first-order valence-electron chi connectivity index (χ1n) is 8.51. The van der Waals surface area contributed by atoms with Gasteiger partial charge in [-0.1, -0.05) is 13.8 Å². The molecule has 0 aliphatic heterocycles. The number of nitrogens with zero attached hydrogens (tertiary/aromatic N) is 2. The Morgan fingerprint density at radius 3 is 2.19 bits per heavy atom. The summed E-state index contributed by atoms with van der Waals surface area (Å²) in [6.45, 7) is 6.24. The molecular formula is C19H25N3O3S. The molecule has 1 aromatic heterocycles. The van der Waals surface area contributed by atoms with Crippen LogP contribution in [0.25, 0.3) is 0 Å². The lowest BCUT2D eigenvalue weighted by Gasteiger charge is -2.26. The molecule has 0 aliphatic carbocycles. The minimum Gasteiger partial charge on any atom is -0.339 e. The van der Waals surface area contributed by atoms with E-state index in [9.17, 15) is 13.2 Å². The number of hydrogen-bond acceptors (Lipinski definition) is 4. The van der Waals surface area contributed by atoms with Crippen molar-refractivity contribution in [2.24, 2.45) is 5.92 Å². The van der Waals surface area contributed by atoms with Crippen LogP contribution in [0, 0.1) is 5.92 Å². The molecule has 0 saturated carbocycles. The molecule has 1 heterocycles. The highest BCUT2D eigenvalue weighted by atomic mass is 32.2. The summed E-state index contributed by atoms with van der Waals surface area (Å²) in [6.07, 6.45) is 3.92. The van der Waals surface area contributed by atoms with Crippen LogP contribution >= 0.6 is 0 Å². The van der Waals surface area contributed by atoms with E-state index in [0.29, 0.717) is 17.2 Å². The first-order valence-corrected chi connectivity index (χ1v) is 9.99. The topological polar surface area (TPSA) is 79.4 Å². The number of carbonyl (C=O) groups excluding carboxylic acids is 1. The number of anilines is 1. The average Bonchev–Trinajstić information content (AvgIpc) is 2.60. The Kier molecular flexibility index (Phi) is 6.37.